The molecule has 21 heavy (non-hydrogen) atoms. The molecule has 3 N–H and O–H groups in total. The van der Waals surface area contributed by atoms with Crippen LogP contribution in [0.2, 0.25) is 0 Å². The SMILES string of the molecule is CCCCOc1nc(CC)nc(NCc2ccco2)c1N. The normalized spacial score (nSPS) is 10.6. The molecule has 0 radical (unpaired) electrons. The average molecular weight is 290 g/mol. The van der Waals surface area contributed by atoms with Crippen molar-refractivity contribution in [1.29, 1.82) is 0 Å². The van der Waals surface area contributed by atoms with Crippen molar-refractivity contribution in [2.24, 2.45) is 0 Å². The van der Waals surface area contributed by atoms with Crippen molar-refractivity contribution >= 4 is 11.5 Å². The highest BCUT2D eigenvalue weighted by Crippen LogP contribution is 2.27. The number of nitrogens with zero attached hydrogens (tertiary/aromatic N) is 2. The van der Waals surface area contributed by atoms with Gasteiger partial charge in [-0.05, 0) is 18.6 Å². The maximum atomic E-state index is 6.09. The van der Waals surface area contributed by atoms with E-state index in [0.717, 1.165) is 25.0 Å². The predicted octanol–water partition coefficient (Wildman–Crippen LogP) is 3.01. The first-order valence-electron chi connectivity index (χ1n) is 7.30. The third-order valence-electron chi connectivity index (χ3n) is 3.02. The number of nitrogen functional groups attached to an aromatic ring is 1. The summed E-state index contributed by atoms with van der Waals surface area (Å²) in [5.74, 6) is 2.57. The van der Waals surface area contributed by atoms with Crippen LogP contribution in [0.25, 0.3) is 0 Å². The van der Waals surface area contributed by atoms with E-state index in [9.17, 15) is 0 Å². The molecule has 0 aliphatic rings. The minimum atomic E-state index is 0.440. The molecule has 0 aromatic carbocycles. The maximum absolute atomic E-state index is 6.09. The summed E-state index contributed by atoms with van der Waals surface area (Å²) in [6.07, 6.45) is 4.40. The molecule has 0 fully saturated rings. The van der Waals surface area contributed by atoms with Gasteiger partial charge in [-0.25, -0.2) is 4.98 Å². The van der Waals surface area contributed by atoms with E-state index in [-0.39, 0.29) is 0 Å². The lowest BCUT2D eigenvalue weighted by molar-refractivity contribution is 0.298. The van der Waals surface area contributed by atoms with E-state index >= 15 is 0 Å². The predicted molar refractivity (Wildman–Crippen MR) is 82.3 cm³/mol. The van der Waals surface area contributed by atoms with Crippen LogP contribution in [0.4, 0.5) is 11.5 Å². The van der Waals surface area contributed by atoms with Crippen molar-refractivity contribution in [3.63, 3.8) is 0 Å². The van der Waals surface area contributed by atoms with Crippen molar-refractivity contribution in [2.45, 2.75) is 39.7 Å². The summed E-state index contributed by atoms with van der Waals surface area (Å²) >= 11 is 0. The average Bonchev–Trinajstić information content (AvgIpc) is 3.01. The minimum absolute atomic E-state index is 0.440. The Balaban J connectivity index is 2.12. The fourth-order valence-corrected chi connectivity index (χ4v) is 1.79. The topological polar surface area (TPSA) is 86.2 Å². The lowest BCUT2D eigenvalue weighted by Gasteiger charge is -2.13. The fraction of sp³-hybridized carbons (Fsp3) is 0.467. The monoisotopic (exact) mass is 290 g/mol. The number of furan rings is 1. The number of aromatic nitrogens is 2. The van der Waals surface area contributed by atoms with Gasteiger partial charge in [0.25, 0.3) is 0 Å². The molecular weight excluding hydrogens is 268 g/mol. The highest BCUT2D eigenvalue weighted by molar-refractivity contribution is 5.66. The lowest BCUT2D eigenvalue weighted by atomic mass is 10.3. The van der Waals surface area contributed by atoms with Crippen LogP contribution in [0.1, 0.15) is 38.3 Å². The molecule has 2 rings (SSSR count). The zero-order valence-corrected chi connectivity index (χ0v) is 12.6. The summed E-state index contributed by atoms with van der Waals surface area (Å²) in [6, 6.07) is 3.74. The number of ether oxygens (including phenoxy) is 1. The third-order valence-corrected chi connectivity index (χ3v) is 3.02. The Labute approximate surface area is 124 Å². The van der Waals surface area contributed by atoms with Gasteiger partial charge in [0.1, 0.15) is 17.3 Å². The molecule has 0 aliphatic carbocycles. The van der Waals surface area contributed by atoms with Crippen LogP contribution < -0.4 is 15.8 Å². The summed E-state index contributed by atoms with van der Waals surface area (Å²) in [5.41, 5.74) is 6.53. The minimum Gasteiger partial charge on any atom is -0.476 e. The highest BCUT2D eigenvalue weighted by atomic mass is 16.5. The van der Waals surface area contributed by atoms with Crippen molar-refractivity contribution in [1.82, 2.24) is 9.97 Å². The van der Waals surface area contributed by atoms with E-state index < -0.39 is 0 Å². The Bertz CT molecular complexity index is 555. The highest BCUT2D eigenvalue weighted by Gasteiger charge is 2.12. The number of hydrogen-bond donors (Lipinski definition) is 2. The van der Waals surface area contributed by atoms with Crippen LogP contribution in [-0.4, -0.2) is 16.6 Å². The van der Waals surface area contributed by atoms with Crippen LogP contribution in [0.5, 0.6) is 5.88 Å². The van der Waals surface area contributed by atoms with Crippen molar-refractivity contribution in [2.75, 3.05) is 17.7 Å². The molecule has 2 heterocycles. The van der Waals surface area contributed by atoms with Crippen LogP contribution >= 0.6 is 0 Å². The van der Waals surface area contributed by atoms with Crippen LogP contribution in [0, 0.1) is 0 Å². The van der Waals surface area contributed by atoms with Gasteiger partial charge < -0.3 is 20.2 Å². The van der Waals surface area contributed by atoms with Gasteiger partial charge in [0, 0.05) is 6.42 Å². The van der Waals surface area contributed by atoms with Gasteiger partial charge in [-0.1, -0.05) is 20.3 Å². The first kappa shape index (κ1) is 15.2. The largest absolute Gasteiger partial charge is 0.476 e. The Hall–Kier alpha value is -2.24. The van der Waals surface area contributed by atoms with Crippen LogP contribution in [-0.2, 0) is 13.0 Å². The molecule has 0 unspecified atom stereocenters. The second kappa shape index (κ2) is 7.52. The quantitative estimate of drug-likeness (QED) is 0.727. The Kier molecular flexibility index (Phi) is 5.43. The molecule has 0 saturated carbocycles. The van der Waals surface area contributed by atoms with Gasteiger partial charge in [0.2, 0.25) is 5.88 Å². The summed E-state index contributed by atoms with van der Waals surface area (Å²) < 4.78 is 10.9. The van der Waals surface area contributed by atoms with E-state index in [4.69, 9.17) is 14.9 Å². The summed E-state index contributed by atoms with van der Waals surface area (Å²) in [7, 11) is 0. The van der Waals surface area contributed by atoms with E-state index in [1.807, 2.05) is 19.1 Å². The van der Waals surface area contributed by atoms with E-state index in [1.165, 1.54) is 0 Å². The second-order valence-electron chi connectivity index (χ2n) is 4.70. The number of hydrogen-bond acceptors (Lipinski definition) is 6. The smallest absolute Gasteiger partial charge is 0.242 e. The van der Waals surface area contributed by atoms with Crippen LogP contribution in [0.15, 0.2) is 22.8 Å². The molecule has 2 aromatic heterocycles. The van der Waals surface area contributed by atoms with Gasteiger partial charge in [0.05, 0.1) is 19.4 Å². The van der Waals surface area contributed by atoms with E-state index in [0.29, 0.717) is 36.4 Å². The first-order chi connectivity index (χ1) is 10.2. The number of rotatable bonds is 8. The Morgan fingerprint density at radius 3 is 2.86 bits per heavy atom. The fourth-order valence-electron chi connectivity index (χ4n) is 1.79. The van der Waals surface area contributed by atoms with Crippen LogP contribution in [0.3, 0.4) is 0 Å². The molecular formula is C15H22N4O2. The summed E-state index contributed by atoms with van der Waals surface area (Å²) in [4.78, 5) is 8.76. The number of anilines is 2. The summed E-state index contributed by atoms with van der Waals surface area (Å²) in [5, 5.41) is 3.17. The molecule has 0 atom stereocenters. The number of aryl methyl sites for hydroxylation is 1. The van der Waals surface area contributed by atoms with Crippen molar-refractivity contribution < 1.29 is 9.15 Å². The zero-order chi connectivity index (χ0) is 15.1. The molecule has 0 saturated heterocycles. The van der Waals surface area contributed by atoms with Gasteiger partial charge in [0.15, 0.2) is 5.82 Å². The second-order valence-corrected chi connectivity index (χ2v) is 4.70. The Morgan fingerprint density at radius 2 is 2.19 bits per heavy atom. The number of nitrogens with two attached hydrogens (primary N) is 1. The molecule has 114 valence electrons. The molecule has 6 heteroatoms. The molecule has 6 nitrogen and oxygen atoms in total. The molecule has 0 spiro atoms. The van der Waals surface area contributed by atoms with E-state index in [1.54, 1.807) is 6.26 Å². The molecule has 0 aliphatic heterocycles. The molecule has 2 aromatic rings. The summed E-state index contributed by atoms with van der Waals surface area (Å²) in [6.45, 7) is 5.24. The van der Waals surface area contributed by atoms with Gasteiger partial charge in [-0.2, -0.15) is 4.98 Å². The lowest BCUT2D eigenvalue weighted by Crippen LogP contribution is -2.11. The van der Waals surface area contributed by atoms with Crippen molar-refractivity contribution in [3.05, 3.63) is 30.0 Å². The van der Waals surface area contributed by atoms with Crippen molar-refractivity contribution in [3.8, 4) is 5.88 Å². The molecule has 0 amide bonds. The number of unbranched alkanes of at least 4 members (excludes halogenated alkanes) is 1. The Morgan fingerprint density at radius 1 is 1.33 bits per heavy atom. The van der Waals surface area contributed by atoms with Gasteiger partial charge in [-0.15, -0.1) is 0 Å². The van der Waals surface area contributed by atoms with Gasteiger partial charge in [-0.3, -0.25) is 0 Å². The van der Waals surface area contributed by atoms with E-state index in [2.05, 4.69) is 22.2 Å². The standard InChI is InChI=1S/C15H22N4O2/c1-3-5-8-21-15-13(16)14(18-12(4-2)19-15)17-10-11-7-6-9-20-11/h6-7,9H,3-5,8,10,16H2,1-2H3,(H,17,18,19). The zero-order valence-electron chi connectivity index (χ0n) is 12.6. The van der Waals surface area contributed by atoms with Gasteiger partial charge >= 0.3 is 0 Å². The molecule has 0 bridgehead atoms. The maximum Gasteiger partial charge on any atom is 0.242 e. The number of nitrogens with one attached hydrogen (secondary N) is 1. The third kappa shape index (κ3) is 4.11. The first-order valence-corrected chi connectivity index (χ1v) is 7.30.